The largest absolute Gasteiger partial charge is 0.243 e. The van der Waals surface area contributed by atoms with Crippen LogP contribution in [0.4, 0.5) is 5.69 Å². The zero-order valence-electron chi connectivity index (χ0n) is 17.5. The molecule has 0 atom stereocenters. The Kier molecular flexibility index (Phi) is 5.18. The average molecular weight is 380 g/mol. The summed E-state index contributed by atoms with van der Waals surface area (Å²) in [5.74, 6) is 0. The van der Waals surface area contributed by atoms with E-state index in [2.05, 4.69) is 123 Å². The van der Waals surface area contributed by atoms with Crippen LogP contribution in [0.2, 0.25) is 0 Å². The van der Waals surface area contributed by atoms with Crippen LogP contribution in [0, 0.1) is 27.7 Å². The second kappa shape index (κ2) is 7.92. The SMILES string of the molecule is Cc1ccc(N[n+]2c(C)cc(-c3ccc(C)cc3)cc2-c2ccc(C)cc2)cc1. The standard InChI is InChI=1S/C27H27N2/c1-19-5-11-23(12-6-19)25-17-22(4)29(28-26-15-9-21(3)10-16-26)27(18-25)24-13-7-20(2)8-14-24/h5-18,28H,1-4H3/q+1. The molecule has 0 radical (unpaired) electrons. The van der Waals surface area contributed by atoms with Crippen molar-refractivity contribution in [2.75, 3.05) is 5.43 Å². The number of hydrogen-bond donors (Lipinski definition) is 1. The maximum atomic E-state index is 3.59. The van der Waals surface area contributed by atoms with Gasteiger partial charge in [-0.25, -0.2) is 0 Å². The summed E-state index contributed by atoms with van der Waals surface area (Å²) in [7, 11) is 0. The summed E-state index contributed by atoms with van der Waals surface area (Å²) >= 11 is 0. The van der Waals surface area contributed by atoms with Crippen LogP contribution < -0.4 is 10.1 Å². The number of aryl methyl sites for hydroxylation is 4. The molecule has 0 spiro atoms. The minimum atomic E-state index is 1.07. The number of nitrogens with zero attached hydrogens (tertiary/aromatic N) is 1. The Labute approximate surface area is 173 Å². The van der Waals surface area contributed by atoms with E-state index in [9.17, 15) is 0 Å². The van der Waals surface area contributed by atoms with Crippen LogP contribution in [-0.2, 0) is 0 Å². The van der Waals surface area contributed by atoms with Crippen LogP contribution in [0.1, 0.15) is 22.4 Å². The highest BCUT2D eigenvalue weighted by Gasteiger charge is 2.20. The Balaban J connectivity index is 1.85. The van der Waals surface area contributed by atoms with Gasteiger partial charge in [-0.2, -0.15) is 5.43 Å². The fraction of sp³-hybridized carbons (Fsp3) is 0.148. The Hall–Kier alpha value is -3.39. The second-order valence-electron chi connectivity index (χ2n) is 7.82. The quantitative estimate of drug-likeness (QED) is 0.405. The lowest BCUT2D eigenvalue weighted by Gasteiger charge is -2.11. The van der Waals surface area contributed by atoms with Gasteiger partial charge in [0.15, 0.2) is 0 Å². The first-order chi connectivity index (χ1) is 14.0. The third-order valence-corrected chi connectivity index (χ3v) is 5.27. The van der Waals surface area contributed by atoms with Crippen molar-refractivity contribution in [2.24, 2.45) is 0 Å². The average Bonchev–Trinajstić information content (AvgIpc) is 2.72. The molecular weight excluding hydrogens is 352 g/mol. The monoisotopic (exact) mass is 379 g/mol. The number of aromatic nitrogens is 1. The zero-order valence-corrected chi connectivity index (χ0v) is 17.5. The predicted octanol–water partition coefficient (Wildman–Crippen LogP) is 6.42. The minimum Gasteiger partial charge on any atom is -0.160 e. The lowest BCUT2D eigenvalue weighted by molar-refractivity contribution is -0.638. The first-order valence-electron chi connectivity index (χ1n) is 10.0. The molecule has 3 aromatic carbocycles. The van der Waals surface area contributed by atoms with Crippen LogP contribution in [0.3, 0.4) is 0 Å². The van der Waals surface area contributed by atoms with Gasteiger partial charge in [0.2, 0.25) is 11.4 Å². The van der Waals surface area contributed by atoms with Crippen molar-refractivity contribution in [1.82, 2.24) is 0 Å². The highest BCUT2D eigenvalue weighted by Crippen LogP contribution is 2.26. The zero-order chi connectivity index (χ0) is 20.4. The first kappa shape index (κ1) is 18.9. The molecule has 1 N–H and O–H groups in total. The fourth-order valence-electron chi connectivity index (χ4n) is 3.49. The van der Waals surface area contributed by atoms with Crippen molar-refractivity contribution < 1.29 is 4.68 Å². The molecule has 144 valence electrons. The van der Waals surface area contributed by atoms with Gasteiger partial charge in [-0.1, -0.05) is 69.9 Å². The summed E-state index contributed by atoms with van der Waals surface area (Å²) in [6.07, 6.45) is 0. The van der Waals surface area contributed by atoms with Crippen LogP contribution in [0.5, 0.6) is 0 Å². The van der Waals surface area contributed by atoms with Gasteiger partial charge in [-0.15, -0.1) is 0 Å². The minimum absolute atomic E-state index is 1.07. The number of anilines is 1. The van der Waals surface area contributed by atoms with E-state index < -0.39 is 0 Å². The first-order valence-corrected chi connectivity index (χ1v) is 10.0. The van der Waals surface area contributed by atoms with Gasteiger partial charge in [-0.3, -0.25) is 0 Å². The fourth-order valence-corrected chi connectivity index (χ4v) is 3.49. The summed E-state index contributed by atoms with van der Waals surface area (Å²) in [6, 6.07) is 30.4. The number of rotatable bonds is 4. The lowest BCUT2D eigenvalue weighted by atomic mass is 10.0. The molecular formula is C27H27N2+. The summed E-state index contributed by atoms with van der Waals surface area (Å²) in [4.78, 5) is 0. The number of benzene rings is 3. The molecule has 29 heavy (non-hydrogen) atoms. The Morgan fingerprint density at radius 2 is 1.00 bits per heavy atom. The third kappa shape index (κ3) is 4.22. The van der Waals surface area contributed by atoms with Gasteiger partial charge in [0.25, 0.3) is 0 Å². The van der Waals surface area contributed by atoms with E-state index >= 15 is 0 Å². The van der Waals surface area contributed by atoms with E-state index in [0.29, 0.717) is 0 Å². The van der Waals surface area contributed by atoms with E-state index in [4.69, 9.17) is 0 Å². The van der Waals surface area contributed by atoms with Gasteiger partial charge in [-0.05, 0) is 56.2 Å². The molecule has 0 fully saturated rings. The highest BCUT2D eigenvalue weighted by atomic mass is 15.4. The lowest BCUT2D eigenvalue weighted by Crippen LogP contribution is -2.47. The molecule has 4 rings (SSSR count). The van der Waals surface area contributed by atoms with Crippen LogP contribution >= 0.6 is 0 Å². The van der Waals surface area contributed by atoms with Gasteiger partial charge >= 0.3 is 0 Å². The van der Waals surface area contributed by atoms with Gasteiger partial charge in [0.05, 0.1) is 5.69 Å². The van der Waals surface area contributed by atoms with Crippen molar-refractivity contribution in [2.45, 2.75) is 27.7 Å². The molecule has 1 aromatic heterocycles. The van der Waals surface area contributed by atoms with Crippen LogP contribution in [0.15, 0.2) is 84.9 Å². The third-order valence-electron chi connectivity index (χ3n) is 5.27. The van der Waals surface area contributed by atoms with Crippen molar-refractivity contribution in [1.29, 1.82) is 0 Å². The number of hydrogen-bond acceptors (Lipinski definition) is 1. The van der Waals surface area contributed by atoms with Crippen molar-refractivity contribution in [3.63, 3.8) is 0 Å². The maximum absolute atomic E-state index is 3.59. The summed E-state index contributed by atoms with van der Waals surface area (Å²) in [6.45, 7) is 8.50. The van der Waals surface area contributed by atoms with Gasteiger partial charge in [0.1, 0.15) is 0 Å². The normalized spacial score (nSPS) is 10.8. The van der Waals surface area contributed by atoms with E-state index in [0.717, 1.165) is 17.1 Å². The van der Waals surface area contributed by atoms with E-state index in [-0.39, 0.29) is 0 Å². The molecule has 0 saturated carbocycles. The Morgan fingerprint density at radius 3 is 1.55 bits per heavy atom. The molecule has 0 saturated heterocycles. The molecule has 0 aliphatic rings. The topological polar surface area (TPSA) is 15.9 Å². The molecule has 0 aliphatic carbocycles. The molecule has 1 heterocycles. The summed E-state index contributed by atoms with van der Waals surface area (Å²) in [5, 5.41) is 0. The summed E-state index contributed by atoms with van der Waals surface area (Å²) < 4.78 is 2.17. The van der Waals surface area contributed by atoms with Crippen molar-refractivity contribution in [3.05, 3.63) is 107 Å². The Bertz CT molecular complexity index is 1120. The van der Waals surface area contributed by atoms with E-state index in [1.807, 2.05) is 0 Å². The molecule has 0 unspecified atom stereocenters. The molecule has 0 aliphatic heterocycles. The smallest absolute Gasteiger partial charge is 0.160 e. The molecule has 0 bridgehead atoms. The molecule has 0 amide bonds. The summed E-state index contributed by atoms with van der Waals surface area (Å²) in [5.41, 5.74) is 14.4. The second-order valence-corrected chi connectivity index (χ2v) is 7.82. The van der Waals surface area contributed by atoms with Gasteiger partial charge < -0.3 is 0 Å². The number of nitrogens with one attached hydrogen (secondary N) is 1. The predicted molar refractivity (Wildman–Crippen MR) is 122 cm³/mol. The van der Waals surface area contributed by atoms with E-state index in [1.54, 1.807) is 0 Å². The van der Waals surface area contributed by atoms with Crippen molar-refractivity contribution in [3.8, 4) is 22.4 Å². The van der Waals surface area contributed by atoms with Crippen molar-refractivity contribution >= 4 is 5.69 Å². The molecule has 4 aromatic rings. The van der Waals surface area contributed by atoms with Crippen LogP contribution in [0.25, 0.3) is 22.4 Å². The van der Waals surface area contributed by atoms with Gasteiger partial charge in [0, 0.05) is 24.6 Å². The Morgan fingerprint density at radius 1 is 0.517 bits per heavy atom. The molecule has 2 heteroatoms. The van der Waals surface area contributed by atoms with Crippen LogP contribution in [-0.4, -0.2) is 0 Å². The number of pyridine rings is 1. The maximum Gasteiger partial charge on any atom is 0.243 e. The van der Waals surface area contributed by atoms with E-state index in [1.165, 1.54) is 33.4 Å². The highest BCUT2D eigenvalue weighted by molar-refractivity contribution is 5.69. The molecule has 2 nitrogen and oxygen atoms in total.